The monoisotopic (exact) mass is 264 g/mol. The average Bonchev–Trinajstić information content (AvgIpc) is 2.77. The van der Waals surface area contributed by atoms with Crippen LogP contribution < -0.4 is 16.4 Å². The highest BCUT2D eigenvalue weighted by Crippen LogP contribution is 2.19. The summed E-state index contributed by atoms with van der Waals surface area (Å²) in [5.74, 6) is -0.123. The maximum Gasteiger partial charge on any atom is 0.341 e. The van der Waals surface area contributed by atoms with E-state index in [1.807, 2.05) is 0 Å². The predicted molar refractivity (Wildman–Crippen MR) is 69.6 cm³/mol. The molecule has 0 saturated carbocycles. The van der Waals surface area contributed by atoms with Crippen molar-refractivity contribution in [1.29, 1.82) is 0 Å². The molecule has 1 aliphatic heterocycles. The van der Waals surface area contributed by atoms with Crippen LogP contribution in [-0.4, -0.2) is 36.1 Å². The van der Waals surface area contributed by atoms with Crippen molar-refractivity contribution in [1.82, 2.24) is 10.3 Å². The van der Waals surface area contributed by atoms with Crippen LogP contribution in [0.4, 0.5) is 11.5 Å². The molecule has 0 bridgehead atoms. The van der Waals surface area contributed by atoms with Gasteiger partial charge in [-0.2, -0.15) is 0 Å². The Bertz CT molecular complexity index is 504. The van der Waals surface area contributed by atoms with E-state index in [1.165, 1.54) is 12.3 Å². The first-order chi connectivity index (χ1) is 9.10. The number of amides is 1. The number of nitrogens with one attached hydrogen (secondary N) is 2. The molecule has 2 heterocycles. The molecule has 102 valence electrons. The zero-order valence-corrected chi connectivity index (χ0v) is 10.6. The van der Waals surface area contributed by atoms with Gasteiger partial charge < -0.3 is 21.1 Å². The zero-order chi connectivity index (χ0) is 13.8. The Balaban J connectivity index is 2.19. The summed E-state index contributed by atoms with van der Waals surface area (Å²) in [4.78, 5) is 27.0. The van der Waals surface area contributed by atoms with Crippen LogP contribution in [0.15, 0.2) is 12.3 Å². The Morgan fingerprint density at radius 2 is 2.47 bits per heavy atom. The summed E-state index contributed by atoms with van der Waals surface area (Å²) in [6.45, 7) is 2.51. The molecule has 1 aromatic heterocycles. The number of hydrogen-bond acceptors (Lipinski definition) is 6. The van der Waals surface area contributed by atoms with Gasteiger partial charge in [-0.25, -0.2) is 9.78 Å². The number of nitrogens with zero attached hydrogens (tertiary/aromatic N) is 1. The number of hydrogen-bond donors (Lipinski definition) is 3. The number of pyridine rings is 1. The SMILES string of the molecule is CCOC(=O)c1cc(N)cnc1NC1CNC(=O)C1. The van der Waals surface area contributed by atoms with Crippen LogP contribution in [-0.2, 0) is 9.53 Å². The molecule has 4 N–H and O–H groups in total. The highest BCUT2D eigenvalue weighted by Gasteiger charge is 2.24. The van der Waals surface area contributed by atoms with Crippen molar-refractivity contribution in [2.24, 2.45) is 0 Å². The summed E-state index contributed by atoms with van der Waals surface area (Å²) < 4.78 is 4.95. The average molecular weight is 264 g/mol. The fraction of sp³-hybridized carbons (Fsp3) is 0.417. The third-order valence-corrected chi connectivity index (χ3v) is 2.72. The number of nitrogen functional groups attached to an aromatic ring is 1. The first-order valence-electron chi connectivity index (χ1n) is 6.06. The van der Waals surface area contributed by atoms with Crippen LogP contribution in [0, 0.1) is 0 Å². The number of carbonyl (C=O) groups is 2. The van der Waals surface area contributed by atoms with Crippen molar-refractivity contribution in [2.75, 3.05) is 24.2 Å². The molecule has 2 rings (SSSR count). The van der Waals surface area contributed by atoms with Crippen LogP contribution in [0.2, 0.25) is 0 Å². The molecule has 0 spiro atoms. The second-order valence-electron chi connectivity index (χ2n) is 4.23. The van der Waals surface area contributed by atoms with Crippen molar-refractivity contribution in [3.8, 4) is 0 Å². The molecular weight excluding hydrogens is 248 g/mol. The number of nitrogens with two attached hydrogens (primary N) is 1. The fourth-order valence-corrected chi connectivity index (χ4v) is 1.86. The molecular formula is C12H16N4O3. The van der Waals surface area contributed by atoms with Crippen LogP contribution in [0.5, 0.6) is 0 Å². The Hall–Kier alpha value is -2.31. The Morgan fingerprint density at radius 3 is 3.11 bits per heavy atom. The van der Waals surface area contributed by atoms with Gasteiger partial charge in [-0.05, 0) is 13.0 Å². The second kappa shape index (κ2) is 5.55. The third-order valence-electron chi connectivity index (χ3n) is 2.72. The molecule has 7 heteroatoms. The second-order valence-corrected chi connectivity index (χ2v) is 4.23. The van der Waals surface area contributed by atoms with Crippen LogP contribution in [0.1, 0.15) is 23.7 Å². The van der Waals surface area contributed by atoms with E-state index < -0.39 is 5.97 Å². The third kappa shape index (κ3) is 3.12. The summed E-state index contributed by atoms with van der Waals surface area (Å²) in [6.07, 6.45) is 1.81. The van der Waals surface area contributed by atoms with Gasteiger partial charge in [-0.1, -0.05) is 0 Å². The standard InChI is InChI=1S/C12H16N4O3/c1-2-19-12(18)9-3-7(13)5-15-11(9)16-8-4-10(17)14-6-8/h3,5,8H,2,4,6,13H2,1H3,(H,14,17)(H,15,16). The predicted octanol–water partition coefficient (Wildman–Crippen LogP) is 0.141. The van der Waals surface area contributed by atoms with E-state index >= 15 is 0 Å². The highest BCUT2D eigenvalue weighted by atomic mass is 16.5. The molecule has 7 nitrogen and oxygen atoms in total. The summed E-state index contributed by atoms with van der Waals surface area (Å²) in [5, 5.41) is 5.76. The van der Waals surface area contributed by atoms with Gasteiger partial charge in [0.05, 0.1) is 24.5 Å². The molecule has 1 amide bonds. The topological polar surface area (TPSA) is 106 Å². The minimum atomic E-state index is -0.484. The number of esters is 1. The number of anilines is 2. The molecule has 1 fully saturated rings. The molecule has 0 radical (unpaired) electrons. The first kappa shape index (κ1) is 13.1. The van der Waals surface area contributed by atoms with E-state index in [4.69, 9.17) is 10.5 Å². The summed E-state index contributed by atoms with van der Waals surface area (Å²) >= 11 is 0. The molecule has 0 aliphatic carbocycles. The number of ether oxygens (including phenoxy) is 1. The molecule has 1 aliphatic rings. The lowest BCUT2D eigenvalue weighted by Gasteiger charge is -2.14. The Labute approximate surface area is 110 Å². The lowest BCUT2D eigenvalue weighted by Crippen LogP contribution is -2.24. The lowest BCUT2D eigenvalue weighted by atomic mass is 10.2. The zero-order valence-electron chi connectivity index (χ0n) is 10.6. The van der Waals surface area contributed by atoms with E-state index in [1.54, 1.807) is 6.92 Å². The quantitative estimate of drug-likeness (QED) is 0.668. The molecule has 1 atom stereocenters. The van der Waals surface area contributed by atoms with Gasteiger partial charge in [0.2, 0.25) is 5.91 Å². The van der Waals surface area contributed by atoms with Crippen molar-refractivity contribution in [3.63, 3.8) is 0 Å². The minimum absolute atomic E-state index is 0.0226. The molecule has 19 heavy (non-hydrogen) atoms. The van der Waals surface area contributed by atoms with Gasteiger partial charge in [-0.3, -0.25) is 4.79 Å². The van der Waals surface area contributed by atoms with Crippen molar-refractivity contribution >= 4 is 23.4 Å². The maximum absolute atomic E-state index is 11.8. The molecule has 1 saturated heterocycles. The number of aromatic nitrogens is 1. The number of rotatable bonds is 4. The van der Waals surface area contributed by atoms with E-state index in [0.29, 0.717) is 24.5 Å². The van der Waals surface area contributed by atoms with Gasteiger partial charge in [0.1, 0.15) is 11.4 Å². The Morgan fingerprint density at radius 1 is 1.68 bits per heavy atom. The van der Waals surface area contributed by atoms with Crippen molar-refractivity contribution < 1.29 is 14.3 Å². The van der Waals surface area contributed by atoms with E-state index in [0.717, 1.165) is 0 Å². The van der Waals surface area contributed by atoms with Gasteiger partial charge in [0.15, 0.2) is 0 Å². The number of carbonyl (C=O) groups excluding carboxylic acids is 2. The van der Waals surface area contributed by atoms with E-state index in [9.17, 15) is 9.59 Å². The molecule has 1 unspecified atom stereocenters. The molecule has 1 aromatic rings. The maximum atomic E-state index is 11.8. The smallest absolute Gasteiger partial charge is 0.341 e. The first-order valence-corrected chi connectivity index (χ1v) is 6.06. The van der Waals surface area contributed by atoms with Gasteiger partial charge in [0, 0.05) is 13.0 Å². The van der Waals surface area contributed by atoms with E-state index in [-0.39, 0.29) is 24.1 Å². The largest absolute Gasteiger partial charge is 0.462 e. The summed E-state index contributed by atoms with van der Waals surface area (Å²) in [7, 11) is 0. The lowest BCUT2D eigenvalue weighted by molar-refractivity contribution is -0.119. The summed E-state index contributed by atoms with van der Waals surface area (Å²) in [6, 6.07) is 1.43. The van der Waals surface area contributed by atoms with Crippen molar-refractivity contribution in [2.45, 2.75) is 19.4 Å². The van der Waals surface area contributed by atoms with Crippen LogP contribution >= 0.6 is 0 Å². The van der Waals surface area contributed by atoms with E-state index in [2.05, 4.69) is 15.6 Å². The van der Waals surface area contributed by atoms with Gasteiger partial charge in [-0.15, -0.1) is 0 Å². The fourth-order valence-electron chi connectivity index (χ4n) is 1.86. The van der Waals surface area contributed by atoms with Crippen molar-refractivity contribution in [3.05, 3.63) is 17.8 Å². The van der Waals surface area contributed by atoms with Crippen LogP contribution in [0.25, 0.3) is 0 Å². The highest BCUT2D eigenvalue weighted by molar-refractivity contribution is 5.95. The van der Waals surface area contributed by atoms with Gasteiger partial charge in [0.25, 0.3) is 0 Å². The van der Waals surface area contributed by atoms with Gasteiger partial charge >= 0.3 is 5.97 Å². The normalized spacial score (nSPS) is 17.9. The van der Waals surface area contributed by atoms with Crippen LogP contribution in [0.3, 0.4) is 0 Å². The minimum Gasteiger partial charge on any atom is -0.462 e. The Kier molecular flexibility index (Phi) is 3.84. The molecule has 0 aromatic carbocycles. The summed E-state index contributed by atoms with van der Waals surface area (Å²) in [5.41, 5.74) is 6.29.